The van der Waals surface area contributed by atoms with Crippen molar-refractivity contribution in [3.05, 3.63) is 233 Å². The van der Waals surface area contributed by atoms with Gasteiger partial charge in [0.2, 0.25) is 0 Å². The van der Waals surface area contributed by atoms with Crippen LogP contribution in [0.1, 0.15) is 101 Å². The molecule has 0 atom stereocenters. The fourth-order valence-corrected chi connectivity index (χ4v) is 14.2. The first-order chi connectivity index (χ1) is 36.6. The Hall–Kier alpha value is -8.40. The summed E-state index contributed by atoms with van der Waals surface area (Å²) in [5.74, 6) is 0. The monoisotopic (exact) mass is 981 g/mol. The summed E-state index contributed by atoms with van der Waals surface area (Å²) in [6.07, 6.45) is 0. The van der Waals surface area contributed by atoms with Gasteiger partial charge in [0.15, 0.2) is 0 Å². The maximum Gasteiger partial charge on any atom is 0.144 e. The lowest BCUT2D eigenvalue weighted by molar-refractivity contribution is 0.590. The number of rotatable bonds is 5. The molecule has 3 aliphatic carbocycles. The molecule has 0 radical (unpaired) electrons. The minimum Gasteiger partial charge on any atom is -0.455 e. The van der Waals surface area contributed by atoms with Gasteiger partial charge in [-0.1, -0.05) is 208 Å². The van der Waals surface area contributed by atoms with Crippen LogP contribution >= 0.6 is 0 Å². The number of para-hydroxylation sites is 3. The number of fused-ring (bicyclic) bond motifs is 19. The zero-order valence-corrected chi connectivity index (χ0v) is 44.7. The van der Waals surface area contributed by atoms with E-state index in [1.165, 1.54) is 94.2 Å². The highest BCUT2D eigenvalue weighted by Crippen LogP contribution is 2.64. The summed E-state index contributed by atoms with van der Waals surface area (Å²) in [5, 5.41) is 4.71. The summed E-state index contributed by atoms with van der Waals surface area (Å²) in [4.78, 5) is 2.53. The molecule has 3 heteroatoms. The van der Waals surface area contributed by atoms with Crippen LogP contribution < -0.4 is 4.90 Å². The first-order valence-electron chi connectivity index (χ1n) is 27.1. The molecular weight excluding hydrogens is 923 g/mol. The second-order valence-corrected chi connectivity index (χ2v) is 24.4. The van der Waals surface area contributed by atoms with Gasteiger partial charge in [0.1, 0.15) is 22.3 Å². The molecule has 0 unspecified atom stereocenters. The van der Waals surface area contributed by atoms with E-state index in [4.69, 9.17) is 8.83 Å². The van der Waals surface area contributed by atoms with Gasteiger partial charge in [0.25, 0.3) is 0 Å². The summed E-state index contributed by atoms with van der Waals surface area (Å²) >= 11 is 0. The molecule has 2 heterocycles. The zero-order valence-electron chi connectivity index (χ0n) is 44.7. The van der Waals surface area contributed by atoms with Gasteiger partial charge in [0, 0.05) is 65.9 Å². The Morgan fingerprint density at radius 3 is 1.54 bits per heavy atom. The standard InChI is InChI=1S/C73H59NO2/c1-70(2,3)44-33-31-43(32-34-44)53-41-57-61(63-51-25-15-19-29-59(51)75-68(53)63)49-37-35-45(39-55(49)71(57,4)5)74(58-28-18-14-23-47(58)42-21-11-10-12-22-42)46-36-38-50-56(40-46)73(8,9)66-62(50)64-52-26-16-20-30-60(52)76-69(64)65-48-24-13-17-27-54(48)72(6,7)67(65)66/h10-41H,1-9H3. The van der Waals surface area contributed by atoms with Gasteiger partial charge in [0.05, 0.1) is 5.69 Å². The summed E-state index contributed by atoms with van der Waals surface area (Å²) < 4.78 is 14.0. The van der Waals surface area contributed by atoms with E-state index in [1.807, 2.05) is 0 Å². The van der Waals surface area contributed by atoms with Crippen molar-refractivity contribution >= 4 is 60.9 Å². The molecule has 0 saturated heterocycles. The molecule has 2 aromatic heterocycles. The van der Waals surface area contributed by atoms with Crippen LogP contribution in [-0.4, -0.2) is 0 Å². The second-order valence-electron chi connectivity index (χ2n) is 24.4. The van der Waals surface area contributed by atoms with Crippen molar-refractivity contribution in [3.8, 4) is 55.6 Å². The first-order valence-corrected chi connectivity index (χ1v) is 27.1. The fourth-order valence-electron chi connectivity index (χ4n) is 14.2. The predicted molar refractivity (Wildman–Crippen MR) is 318 cm³/mol. The van der Waals surface area contributed by atoms with E-state index in [0.717, 1.165) is 61.3 Å². The summed E-state index contributed by atoms with van der Waals surface area (Å²) in [6, 6.07) is 72.1. The Morgan fingerprint density at radius 1 is 0.368 bits per heavy atom. The molecule has 76 heavy (non-hydrogen) atoms. The van der Waals surface area contributed by atoms with E-state index in [1.54, 1.807) is 0 Å². The van der Waals surface area contributed by atoms with E-state index in [0.29, 0.717) is 0 Å². The third kappa shape index (κ3) is 6.00. The first kappa shape index (κ1) is 45.0. The lowest BCUT2D eigenvalue weighted by Crippen LogP contribution is -2.24. The van der Waals surface area contributed by atoms with Crippen LogP contribution in [0.25, 0.3) is 99.5 Å². The van der Waals surface area contributed by atoms with E-state index >= 15 is 0 Å². The van der Waals surface area contributed by atoms with E-state index in [9.17, 15) is 0 Å². The lowest BCUT2D eigenvalue weighted by atomic mass is 9.72. The van der Waals surface area contributed by atoms with Crippen LogP contribution in [-0.2, 0) is 21.7 Å². The van der Waals surface area contributed by atoms with E-state index in [2.05, 4.69) is 261 Å². The number of hydrogen-bond donors (Lipinski definition) is 0. The third-order valence-electron chi connectivity index (χ3n) is 18.0. The van der Waals surface area contributed by atoms with Crippen molar-refractivity contribution in [1.29, 1.82) is 0 Å². The minimum absolute atomic E-state index is 0.0514. The Bertz CT molecular complexity index is 4450. The molecule has 0 N–H and O–H groups in total. The second kappa shape index (κ2) is 15.4. The van der Waals surface area contributed by atoms with Crippen molar-refractivity contribution in [3.63, 3.8) is 0 Å². The van der Waals surface area contributed by atoms with Crippen molar-refractivity contribution in [2.24, 2.45) is 0 Å². The van der Waals surface area contributed by atoms with Crippen molar-refractivity contribution in [2.75, 3.05) is 4.90 Å². The van der Waals surface area contributed by atoms with Crippen molar-refractivity contribution < 1.29 is 8.83 Å². The van der Waals surface area contributed by atoms with Crippen LogP contribution in [0, 0.1) is 0 Å². The topological polar surface area (TPSA) is 29.5 Å². The number of nitrogens with zero attached hydrogens (tertiary/aromatic N) is 1. The Kier molecular flexibility index (Phi) is 9.10. The highest BCUT2D eigenvalue weighted by atomic mass is 16.3. The van der Waals surface area contributed by atoms with Crippen LogP contribution in [0.3, 0.4) is 0 Å². The molecule has 12 aromatic rings. The molecular formula is C73H59NO2. The smallest absolute Gasteiger partial charge is 0.144 e. The van der Waals surface area contributed by atoms with E-state index in [-0.39, 0.29) is 21.7 Å². The predicted octanol–water partition coefficient (Wildman–Crippen LogP) is 20.5. The summed E-state index contributed by atoms with van der Waals surface area (Å²) in [7, 11) is 0. The molecule has 0 aliphatic heterocycles. The van der Waals surface area contributed by atoms with Gasteiger partial charge in [-0.2, -0.15) is 0 Å². The molecule has 3 aliphatic rings. The van der Waals surface area contributed by atoms with E-state index < -0.39 is 0 Å². The maximum atomic E-state index is 7.03. The number of hydrogen-bond acceptors (Lipinski definition) is 3. The summed E-state index contributed by atoms with van der Waals surface area (Å²) in [6.45, 7) is 21.4. The van der Waals surface area contributed by atoms with Crippen molar-refractivity contribution in [2.45, 2.75) is 84.0 Å². The normalized spacial score (nSPS) is 15.2. The number of furan rings is 2. The SMILES string of the molecule is CC(C)(C)c1ccc(-c2cc3c(c4c2oc2ccccc24)-c2ccc(N(c4ccc5c(c4)C(C)(C)c4c6c(c7oc8ccccc8c7c4-5)-c4ccccc4C6(C)C)c4ccccc4-c4ccccc4)cc2C3(C)C)cc1. The highest BCUT2D eigenvalue weighted by molar-refractivity contribution is 6.21. The average Bonchev–Trinajstić information content (AvgIpc) is 4.32. The molecule has 0 spiro atoms. The van der Waals surface area contributed by atoms with Crippen molar-refractivity contribution in [1.82, 2.24) is 0 Å². The van der Waals surface area contributed by atoms with Gasteiger partial charge < -0.3 is 13.7 Å². The van der Waals surface area contributed by atoms with Crippen LogP contribution in [0.15, 0.2) is 203 Å². The Morgan fingerprint density at radius 2 is 0.868 bits per heavy atom. The quantitative estimate of drug-likeness (QED) is 0.172. The van der Waals surface area contributed by atoms with Gasteiger partial charge in [-0.05, 0) is 132 Å². The molecule has 0 amide bonds. The van der Waals surface area contributed by atoms with Crippen LogP contribution in [0.5, 0.6) is 0 Å². The van der Waals surface area contributed by atoms with Gasteiger partial charge in [-0.25, -0.2) is 0 Å². The van der Waals surface area contributed by atoms with Gasteiger partial charge in [-0.15, -0.1) is 0 Å². The number of anilines is 3. The highest BCUT2D eigenvalue weighted by Gasteiger charge is 2.49. The Balaban J connectivity index is 0.959. The molecule has 0 bridgehead atoms. The molecule has 15 rings (SSSR count). The van der Waals surface area contributed by atoms with Gasteiger partial charge >= 0.3 is 0 Å². The zero-order chi connectivity index (χ0) is 51.8. The molecule has 10 aromatic carbocycles. The average molecular weight is 982 g/mol. The van der Waals surface area contributed by atoms with Crippen LogP contribution in [0.2, 0.25) is 0 Å². The van der Waals surface area contributed by atoms with Gasteiger partial charge in [-0.3, -0.25) is 0 Å². The minimum atomic E-state index is -0.355. The molecule has 0 saturated carbocycles. The molecule has 368 valence electrons. The molecule has 3 nitrogen and oxygen atoms in total. The largest absolute Gasteiger partial charge is 0.455 e. The fraction of sp³-hybridized carbons (Fsp3) is 0.178. The lowest BCUT2D eigenvalue weighted by Gasteiger charge is -2.32. The Labute approximate surface area is 445 Å². The number of benzene rings is 10. The third-order valence-corrected chi connectivity index (χ3v) is 18.0. The summed E-state index contributed by atoms with van der Waals surface area (Å²) in [5.41, 5.74) is 27.9. The molecule has 0 fully saturated rings. The van der Waals surface area contributed by atoms with Crippen LogP contribution in [0.4, 0.5) is 17.1 Å². The maximum absolute atomic E-state index is 7.03.